The maximum Gasteiger partial charge on any atom is 0.225 e. The third kappa shape index (κ3) is 2.56. The molecule has 1 heterocycles. The minimum Gasteiger partial charge on any atom is -0.340 e. The highest BCUT2D eigenvalue weighted by Gasteiger charge is 2.36. The number of hydrogen-bond acceptors (Lipinski definition) is 2. The normalized spacial score (nSPS) is 37.1. The Morgan fingerprint density at radius 3 is 2.44 bits per heavy atom. The number of piperazine rings is 1. The lowest BCUT2D eigenvalue weighted by molar-refractivity contribution is -0.138. The van der Waals surface area contributed by atoms with Crippen molar-refractivity contribution in [1.29, 1.82) is 0 Å². The molecule has 0 bridgehead atoms. The molecule has 0 aromatic rings. The fourth-order valence-electron chi connectivity index (χ4n) is 4.24. The van der Waals surface area contributed by atoms with Gasteiger partial charge in [-0.05, 0) is 31.1 Å². The number of carbonyl (C=O) groups excluding carboxylic acids is 1. The highest BCUT2D eigenvalue weighted by atomic mass is 16.2. The molecule has 3 rings (SSSR count). The van der Waals surface area contributed by atoms with E-state index in [-0.39, 0.29) is 0 Å². The molecule has 3 heteroatoms. The van der Waals surface area contributed by atoms with Crippen molar-refractivity contribution in [3.63, 3.8) is 0 Å². The van der Waals surface area contributed by atoms with Gasteiger partial charge < -0.3 is 10.2 Å². The Kier molecular flexibility index (Phi) is 3.88. The van der Waals surface area contributed by atoms with Gasteiger partial charge in [0, 0.05) is 32.1 Å². The van der Waals surface area contributed by atoms with Crippen molar-refractivity contribution in [2.45, 2.75) is 44.9 Å². The summed E-state index contributed by atoms with van der Waals surface area (Å²) >= 11 is 0. The number of nitrogens with one attached hydrogen (secondary N) is 1. The molecule has 3 nitrogen and oxygen atoms in total. The van der Waals surface area contributed by atoms with E-state index in [1.165, 1.54) is 38.5 Å². The number of rotatable bonds is 1. The molecule has 0 spiro atoms. The van der Waals surface area contributed by atoms with Gasteiger partial charge in [0.2, 0.25) is 5.91 Å². The SMILES string of the molecule is O=C(C1CCC2CCCCC2C1)N1CCNCC1. The summed E-state index contributed by atoms with van der Waals surface area (Å²) in [7, 11) is 0. The van der Waals surface area contributed by atoms with Crippen LogP contribution in [0.3, 0.4) is 0 Å². The monoisotopic (exact) mass is 250 g/mol. The highest BCUT2D eigenvalue weighted by molar-refractivity contribution is 5.79. The maximum absolute atomic E-state index is 12.5. The molecule has 0 radical (unpaired) electrons. The van der Waals surface area contributed by atoms with Crippen LogP contribution in [0.2, 0.25) is 0 Å². The van der Waals surface area contributed by atoms with Crippen LogP contribution in [0.1, 0.15) is 44.9 Å². The third-order valence-electron chi connectivity index (χ3n) is 5.32. The molecule has 2 aliphatic carbocycles. The van der Waals surface area contributed by atoms with Crippen molar-refractivity contribution < 1.29 is 4.79 Å². The maximum atomic E-state index is 12.5. The summed E-state index contributed by atoms with van der Waals surface area (Å²) in [4.78, 5) is 14.6. The molecular weight excluding hydrogens is 224 g/mol. The lowest BCUT2D eigenvalue weighted by atomic mass is 9.67. The van der Waals surface area contributed by atoms with Crippen molar-refractivity contribution in [3.8, 4) is 0 Å². The second kappa shape index (κ2) is 5.60. The van der Waals surface area contributed by atoms with Crippen molar-refractivity contribution in [1.82, 2.24) is 10.2 Å². The first-order valence-electron chi connectivity index (χ1n) is 7.84. The van der Waals surface area contributed by atoms with Crippen LogP contribution < -0.4 is 5.32 Å². The van der Waals surface area contributed by atoms with E-state index in [4.69, 9.17) is 0 Å². The van der Waals surface area contributed by atoms with Crippen LogP contribution in [0.4, 0.5) is 0 Å². The number of amides is 1. The largest absolute Gasteiger partial charge is 0.340 e. The summed E-state index contributed by atoms with van der Waals surface area (Å²) in [5, 5.41) is 3.32. The summed E-state index contributed by atoms with van der Waals surface area (Å²) in [6.07, 6.45) is 9.30. The lowest BCUT2D eigenvalue weighted by Gasteiger charge is -2.40. The average molecular weight is 250 g/mol. The Bertz CT molecular complexity index is 299. The zero-order valence-corrected chi connectivity index (χ0v) is 11.4. The van der Waals surface area contributed by atoms with E-state index in [0.717, 1.165) is 44.4 Å². The molecule has 2 saturated carbocycles. The minimum absolute atomic E-state index is 0.349. The first-order valence-corrected chi connectivity index (χ1v) is 7.84. The number of hydrogen-bond donors (Lipinski definition) is 1. The zero-order valence-electron chi connectivity index (χ0n) is 11.4. The highest BCUT2D eigenvalue weighted by Crippen LogP contribution is 2.43. The van der Waals surface area contributed by atoms with E-state index in [0.29, 0.717) is 11.8 Å². The Labute approximate surface area is 110 Å². The van der Waals surface area contributed by atoms with Crippen molar-refractivity contribution in [2.24, 2.45) is 17.8 Å². The summed E-state index contributed by atoms with van der Waals surface area (Å²) in [6, 6.07) is 0. The number of nitrogens with zero attached hydrogens (tertiary/aromatic N) is 1. The topological polar surface area (TPSA) is 32.3 Å². The van der Waals surface area contributed by atoms with Gasteiger partial charge in [0.05, 0.1) is 0 Å². The Morgan fingerprint density at radius 2 is 1.67 bits per heavy atom. The van der Waals surface area contributed by atoms with E-state index in [2.05, 4.69) is 10.2 Å². The minimum atomic E-state index is 0.349. The van der Waals surface area contributed by atoms with Gasteiger partial charge in [0.25, 0.3) is 0 Å². The number of carbonyl (C=O) groups is 1. The van der Waals surface area contributed by atoms with E-state index < -0.39 is 0 Å². The van der Waals surface area contributed by atoms with Crippen LogP contribution >= 0.6 is 0 Å². The second-order valence-electron chi connectivity index (χ2n) is 6.39. The predicted molar refractivity (Wildman–Crippen MR) is 72.2 cm³/mol. The summed E-state index contributed by atoms with van der Waals surface area (Å²) in [6.45, 7) is 3.79. The first-order chi connectivity index (χ1) is 8.84. The van der Waals surface area contributed by atoms with Gasteiger partial charge in [0.15, 0.2) is 0 Å². The van der Waals surface area contributed by atoms with Gasteiger partial charge in [-0.2, -0.15) is 0 Å². The molecule has 1 amide bonds. The molecule has 1 N–H and O–H groups in total. The van der Waals surface area contributed by atoms with Crippen molar-refractivity contribution in [2.75, 3.05) is 26.2 Å². The lowest BCUT2D eigenvalue weighted by Crippen LogP contribution is -2.49. The van der Waals surface area contributed by atoms with Crippen LogP contribution in [0.25, 0.3) is 0 Å². The Morgan fingerprint density at radius 1 is 0.944 bits per heavy atom. The molecule has 1 saturated heterocycles. The van der Waals surface area contributed by atoms with Gasteiger partial charge in [-0.1, -0.05) is 25.7 Å². The van der Waals surface area contributed by atoms with Crippen LogP contribution in [0, 0.1) is 17.8 Å². The van der Waals surface area contributed by atoms with Gasteiger partial charge in [-0.15, -0.1) is 0 Å². The Hall–Kier alpha value is -0.570. The van der Waals surface area contributed by atoms with Gasteiger partial charge in [-0.3, -0.25) is 4.79 Å². The third-order valence-corrected chi connectivity index (χ3v) is 5.32. The fourth-order valence-corrected chi connectivity index (χ4v) is 4.24. The standard InChI is InChI=1S/C15H26N2O/c18-15(17-9-7-16-8-10-17)14-6-5-12-3-1-2-4-13(12)11-14/h12-14,16H,1-11H2. The molecule has 0 aromatic carbocycles. The molecule has 18 heavy (non-hydrogen) atoms. The molecule has 1 aliphatic heterocycles. The molecule has 3 aliphatic rings. The van der Waals surface area contributed by atoms with E-state index >= 15 is 0 Å². The molecule has 0 aromatic heterocycles. The van der Waals surface area contributed by atoms with Crippen molar-refractivity contribution in [3.05, 3.63) is 0 Å². The van der Waals surface area contributed by atoms with Crippen LogP contribution in [-0.4, -0.2) is 37.0 Å². The van der Waals surface area contributed by atoms with Gasteiger partial charge in [0.1, 0.15) is 0 Å². The van der Waals surface area contributed by atoms with Crippen LogP contribution in [0.5, 0.6) is 0 Å². The fraction of sp³-hybridized carbons (Fsp3) is 0.933. The molecule has 3 unspecified atom stereocenters. The van der Waals surface area contributed by atoms with E-state index in [9.17, 15) is 4.79 Å². The molecule has 102 valence electrons. The zero-order chi connectivity index (χ0) is 12.4. The van der Waals surface area contributed by atoms with Gasteiger partial charge >= 0.3 is 0 Å². The average Bonchev–Trinajstić information content (AvgIpc) is 2.47. The van der Waals surface area contributed by atoms with Crippen LogP contribution in [-0.2, 0) is 4.79 Å². The van der Waals surface area contributed by atoms with Crippen molar-refractivity contribution >= 4 is 5.91 Å². The number of fused-ring (bicyclic) bond motifs is 1. The van der Waals surface area contributed by atoms with E-state index in [1.807, 2.05) is 0 Å². The summed E-state index contributed by atoms with van der Waals surface area (Å²) in [5.74, 6) is 2.62. The van der Waals surface area contributed by atoms with Gasteiger partial charge in [-0.25, -0.2) is 0 Å². The summed E-state index contributed by atoms with van der Waals surface area (Å²) in [5.41, 5.74) is 0. The smallest absolute Gasteiger partial charge is 0.225 e. The molecular formula is C15H26N2O. The Balaban J connectivity index is 1.57. The summed E-state index contributed by atoms with van der Waals surface area (Å²) < 4.78 is 0. The first kappa shape index (κ1) is 12.5. The second-order valence-corrected chi connectivity index (χ2v) is 6.39. The molecule has 3 atom stereocenters. The molecule has 3 fully saturated rings. The van der Waals surface area contributed by atoms with Crippen LogP contribution in [0.15, 0.2) is 0 Å². The predicted octanol–water partition coefficient (Wildman–Crippen LogP) is 2.02. The quantitative estimate of drug-likeness (QED) is 0.772. The van der Waals surface area contributed by atoms with E-state index in [1.54, 1.807) is 0 Å².